The van der Waals surface area contributed by atoms with Crippen molar-refractivity contribution in [2.45, 2.75) is 12.8 Å². The first-order valence-corrected chi connectivity index (χ1v) is 8.17. The largest absolute Gasteiger partial charge is 0.371 e. The molecule has 1 aliphatic heterocycles. The maximum atomic E-state index is 13.5. The summed E-state index contributed by atoms with van der Waals surface area (Å²) in [6, 6.07) is 9.81. The van der Waals surface area contributed by atoms with Crippen molar-refractivity contribution >= 4 is 17.4 Å². The van der Waals surface area contributed by atoms with Gasteiger partial charge in [0.05, 0.1) is 5.69 Å². The first-order chi connectivity index (χ1) is 11.7. The molecule has 1 aromatic heterocycles. The van der Waals surface area contributed by atoms with Crippen LogP contribution in [0.3, 0.4) is 0 Å². The van der Waals surface area contributed by atoms with E-state index in [-0.39, 0.29) is 11.7 Å². The number of aromatic nitrogens is 1. The lowest BCUT2D eigenvalue weighted by Crippen LogP contribution is -2.39. The number of anilines is 2. The van der Waals surface area contributed by atoms with Crippen LogP contribution in [-0.4, -0.2) is 30.6 Å². The molecule has 5 nitrogen and oxygen atoms in total. The van der Waals surface area contributed by atoms with Crippen molar-refractivity contribution in [3.63, 3.8) is 0 Å². The zero-order valence-corrected chi connectivity index (χ0v) is 13.4. The van der Waals surface area contributed by atoms with Crippen LogP contribution in [0.2, 0.25) is 0 Å². The highest BCUT2D eigenvalue weighted by Gasteiger charge is 2.20. The second kappa shape index (κ2) is 7.77. The van der Waals surface area contributed by atoms with Gasteiger partial charge in [-0.1, -0.05) is 12.1 Å². The quantitative estimate of drug-likeness (QED) is 0.906. The Hall–Kier alpha value is -2.63. The number of carbonyl (C=O) groups excluding carboxylic acids is 1. The number of hydrogen-bond acceptors (Lipinski definition) is 3. The van der Waals surface area contributed by atoms with Crippen molar-refractivity contribution in [1.82, 2.24) is 10.3 Å². The topological polar surface area (TPSA) is 57.3 Å². The molecular formula is C18H21FN4O. The number of carbonyl (C=O) groups is 1. The average Bonchev–Trinajstić information content (AvgIpc) is 2.63. The smallest absolute Gasteiger partial charge is 0.319 e. The minimum absolute atomic E-state index is 0.197. The van der Waals surface area contributed by atoms with E-state index in [1.807, 2.05) is 12.1 Å². The lowest BCUT2D eigenvalue weighted by atomic mass is 9.96. The monoisotopic (exact) mass is 328 g/mol. The molecule has 0 saturated carbocycles. The molecule has 2 heterocycles. The summed E-state index contributed by atoms with van der Waals surface area (Å²) < 4.78 is 13.5. The van der Waals surface area contributed by atoms with E-state index >= 15 is 0 Å². The number of hydrogen-bond donors (Lipinski definition) is 2. The predicted molar refractivity (Wildman–Crippen MR) is 92.6 cm³/mol. The van der Waals surface area contributed by atoms with Gasteiger partial charge in [0.25, 0.3) is 0 Å². The second-order valence-electron chi connectivity index (χ2n) is 5.95. The number of halogens is 1. The molecule has 126 valence electrons. The fraction of sp³-hybridized carbons (Fsp3) is 0.333. The van der Waals surface area contributed by atoms with E-state index in [9.17, 15) is 9.18 Å². The summed E-state index contributed by atoms with van der Waals surface area (Å²) in [5, 5.41) is 5.38. The lowest BCUT2D eigenvalue weighted by Gasteiger charge is -2.33. The average molecular weight is 328 g/mol. The van der Waals surface area contributed by atoms with E-state index in [0.29, 0.717) is 12.5 Å². The molecule has 0 radical (unpaired) electrons. The van der Waals surface area contributed by atoms with Crippen molar-refractivity contribution in [1.29, 1.82) is 0 Å². The minimum Gasteiger partial charge on any atom is -0.371 e. The molecule has 0 unspecified atom stereocenters. The van der Waals surface area contributed by atoms with E-state index in [4.69, 9.17) is 0 Å². The van der Waals surface area contributed by atoms with Crippen LogP contribution in [0.4, 0.5) is 20.6 Å². The number of nitrogens with one attached hydrogen (secondary N) is 2. The molecule has 0 aliphatic carbocycles. The number of urea groups is 1. The van der Waals surface area contributed by atoms with Crippen LogP contribution in [0.15, 0.2) is 48.8 Å². The van der Waals surface area contributed by atoms with Gasteiger partial charge in [-0.2, -0.15) is 0 Å². The van der Waals surface area contributed by atoms with Crippen molar-refractivity contribution in [3.8, 4) is 0 Å². The molecular weight excluding hydrogens is 307 g/mol. The third-order valence-electron chi connectivity index (χ3n) is 4.32. The first kappa shape index (κ1) is 16.2. The predicted octanol–water partition coefficient (Wildman–Crippen LogP) is 3.26. The van der Waals surface area contributed by atoms with Gasteiger partial charge in [0.1, 0.15) is 5.82 Å². The zero-order chi connectivity index (χ0) is 16.8. The molecule has 2 aromatic rings. The van der Waals surface area contributed by atoms with E-state index in [1.54, 1.807) is 30.6 Å². The summed E-state index contributed by atoms with van der Waals surface area (Å²) in [5.74, 6) is 0.00719. The maximum Gasteiger partial charge on any atom is 0.319 e. The SMILES string of the molecule is O=C(NCC1CCN(c2ccncc2)CC1)Nc1ccccc1F. The van der Waals surface area contributed by atoms with Gasteiger partial charge in [-0.15, -0.1) is 0 Å². The third kappa shape index (κ3) is 4.22. The Bertz CT molecular complexity index is 672. The minimum atomic E-state index is -0.432. The summed E-state index contributed by atoms with van der Waals surface area (Å²) in [7, 11) is 0. The van der Waals surface area contributed by atoms with Gasteiger partial charge in [0.15, 0.2) is 0 Å². The Morgan fingerprint density at radius 3 is 2.58 bits per heavy atom. The molecule has 24 heavy (non-hydrogen) atoms. The molecule has 0 bridgehead atoms. The summed E-state index contributed by atoms with van der Waals surface area (Å²) in [6.07, 6.45) is 5.64. The molecule has 6 heteroatoms. The fourth-order valence-corrected chi connectivity index (χ4v) is 2.92. The van der Waals surface area contributed by atoms with Crippen LogP contribution >= 0.6 is 0 Å². The molecule has 1 fully saturated rings. The number of rotatable bonds is 4. The van der Waals surface area contributed by atoms with E-state index in [0.717, 1.165) is 25.9 Å². The Kier molecular flexibility index (Phi) is 5.25. The number of para-hydroxylation sites is 1. The van der Waals surface area contributed by atoms with Crippen LogP contribution in [0.5, 0.6) is 0 Å². The van der Waals surface area contributed by atoms with Gasteiger partial charge < -0.3 is 15.5 Å². The van der Waals surface area contributed by atoms with Gasteiger partial charge >= 0.3 is 6.03 Å². The van der Waals surface area contributed by atoms with E-state index < -0.39 is 5.82 Å². The summed E-state index contributed by atoms with van der Waals surface area (Å²) >= 11 is 0. The number of nitrogens with zero attached hydrogens (tertiary/aromatic N) is 2. The summed E-state index contributed by atoms with van der Waals surface area (Å²) in [5.41, 5.74) is 1.39. The number of benzene rings is 1. The normalized spacial score (nSPS) is 15.1. The first-order valence-electron chi connectivity index (χ1n) is 8.17. The van der Waals surface area contributed by atoms with Crippen LogP contribution in [0.25, 0.3) is 0 Å². The molecule has 0 spiro atoms. The van der Waals surface area contributed by atoms with Gasteiger partial charge in [-0.3, -0.25) is 4.98 Å². The van der Waals surface area contributed by atoms with E-state index in [1.165, 1.54) is 11.8 Å². The molecule has 0 atom stereocenters. The lowest BCUT2D eigenvalue weighted by molar-refractivity contribution is 0.248. The second-order valence-corrected chi connectivity index (χ2v) is 5.95. The standard InChI is InChI=1S/C18H21FN4O/c19-16-3-1-2-4-17(16)22-18(24)21-13-14-7-11-23(12-8-14)15-5-9-20-10-6-15/h1-6,9-10,14H,7-8,11-13H2,(H2,21,22,24). The van der Waals surface area contributed by atoms with Crippen molar-refractivity contribution < 1.29 is 9.18 Å². The Morgan fingerprint density at radius 1 is 1.17 bits per heavy atom. The highest BCUT2D eigenvalue weighted by molar-refractivity contribution is 5.89. The molecule has 3 rings (SSSR count). The maximum absolute atomic E-state index is 13.5. The van der Waals surface area contributed by atoms with Gasteiger partial charge in [-0.25, -0.2) is 9.18 Å². The Balaban J connectivity index is 1.42. The number of amides is 2. The van der Waals surface area contributed by atoms with Gasteiger partial charge in [0.2, 0.25) is 0 Å². The zero-order valence-electron chi connectivity index (χ0n) is 13.4. The molecule has 2 N–H and O–H groups in total. The molecule has 1 saturated heterocycles. The molecule has 1 aromatic carbocycles. The van der Waals surface area contributed by atoms with Crippen LogP contribution in [0, 0.1) is 11.7 Å². The van der Waals surface area contributed by atoms with Gasteiger partial charge in [-0.05, 0) is 43.0 Å². The highest BCUT2D eigenvalue weighted by Crippen LogP contribution is 2.22. The Labute approximate surface area is 140 Å². The fourth-order valence-electron chi connectivity index (χ4n) is 2.92. The van der Waals surface area contributed by atoms with Crippen molar-refractivity contribution in [2.75, 3.05) is 29.9 Å². The van der Waals surface area contributed by atoms with Crippen LogP contribution in [-0.2, 0) is 0 Å². The number of pyridine rings is 1. The van der Waals surface area contributed by atoms with Crippen molar-refractivity contribution in [2.24, 2.45) is 5.92 Å². The molecule has 1 aliphatic rings. The molecule has 2 amide bonds. The van der Waals surface area contributed by atoms with Crippen LogP contribution in [0.1, 0.15) is 12.8 Å². The third-order valence-corrected chi connectivity index (χ3v) is 4.32. The van der Waals surface area contributed by atoms with Crippen LogP contribution < -0.4 is 15.5 Å². The van der Waals surface area contributed by atoms with Crippen molar-refractivity contribution in [3.05, 3.63) is 54.6 Å². The summed E-state index contributed by atoms with van der Waals surface area (Å²) in [6.45, 7) is 2.53. The van der Waals surface area contributed by atoms with E-state index in [2.05, 4.69) is 20.5 Å². The number of piperidine rings is 1. The summed E-state index contributed by atoms with van der Waals surface area (Å²) in [4.78, 5) is 18.3. The Morgan fingerprint density at radius 2 is 1.88 bits per heavy atom. The van der Waals surface area contributed by atoms with Gasteiger partial charge in [0, 0.05) is 37.7 Å². The highest BCUT2D eigenvalue weighted by atomic mass is 19.1.